The molecule has 0 spiro atoms. The fourth-order valence-electron chi connectivity index (χ4n) is 2.89. The summed E-state index contributed by atoms with van der Waals surface area (Å²) < 4.78 is 39.1. The molecule has 9 heteroatoms. The Balaban J connectivity index is 1.49. The first kappa shape index (κ1) is 27.6. The first-order valence-electron chi connectivity index (χ1n) is 11.4. The molecule has 1 aromatic carbocycles. The van der Waals surface area contributed by atoms with Gasteiger partial charge in [0.2, 0.25) is 0 Å². The van der Waals surface area contributed by atoms with Gasteiger partial charge in [0.15, 0.2) is 0 Å². The van der Waals surface area contributed by atoms with Crippen molar-refractivity contribution in [3.63, 3.8) is 0 Å². The Kier molecular flexibility index (Phi) is 10.2. The molecular formula is C24H39BO8. The molecule has 1 aliphatic heterocycles. The van der Waals surface area contributed by atoms with Crippen LogP contribution in [0.3, 0.4) is 0 Å². The summed E-state index contributed by atoms with van der Waals surface area (Å²) in [4.78, 5) is 11.5. The SMILES string of the molecule is CC(C)(C)OC(=O)COCCOCCOCCOc1ccc(B2OC(C)(C)C(C)(C)O2)cc1. The van der Waals surface area contributed by atoms with Crippen LogP contribution in [0.25, 0.3) is 0 Å². The van der Waals surface area contributed by atoms with Crippen molar-refractivity contribution in [1.29, 1.82) is 0 Å². The lowest BCUT2D eigenvalue weighted by Gasteiger charge is -2.32. The molecule has 2 rings (SSSR count). The Morgan fingerprint density at radius 2 is 1.30 bits per heavy atom. The highest BCUT2D eigenvalue weighted by atomic mass is 16.7. The van der Waals surface area contributed by atoms with Gasteiger partial charge in [-0.05, 0) is 66.1 Å². The first-order chi connectivity index (χ1) is 15.4. The van der Waals surface area contributed by atoms with E-state index in [9.17, 15) is 4.79 Å². The molecule has 0 amide bonds. The summed E-state index contributed by atoms with van der Waals surface area (Å²) >= 11 is 0. The van der Waals surface area contributed by atoms with Gasteiger partial charge < -0.3 is 33.0 Å². The third-order valence-corrected chi connectivity index (χ3v) is 5.29. The molecule has 0 N–H and O–H groups in total. The van der Waals surface area contributed by atoms with Crippen LogP contribution < -0.4 is 10.2 Å². The van der Waals surface area contributed by atoms with Crippen molar-refractivity contribution in [2.45, 2.75) is 65.3 Å². The van der Waals surface area contributed by atoms with E-state index in [-0.39, 0.29) is 30.9 Å². The lowest BCUT2D eigenvalue weighted by molar-refractivity contribution is -0.160. The fraction of sp³-hybridized carbons (Fsp3) is 0.708. The molecule has 0 aliphatic carbocycles. The highest BCUT2D eigenvalue weighted by molar-refractivity contribution is 6.62. The number of esters is 1. The first-order valence-corrected chi connectivity index (χ1v) is 11.4. The maximum absolute atomic E-state index is 11.5. The molecule has 0 bridgehead atoms. The van der Waals surface area contributed by atoms with Gasteiger partial charge in [-0.2, -0.15) is 0 Å². The fourth-order valence-corrected chi connectivity index (χ4v) is 2.89. The van der Waals surface area contributed by atoms with Crippen molar-refractivity contribution in [2.75, 3.05) is 46.2 Å². The van der Waals surface area contributed by atoms with Gasteiger partial charge in [-0.1, -0.05) is 12.1 Å². The third-order valence-electron chi connectivity index (χ3n) is 5.29. The highest BCUT2D eigenvalue weighted by Crippen LogP contribution is 2.36. The molecule has 1 aromatic rings. The van der Waals surface area contributed by atoms with E-state index < -0.39 is 5.60 Å². The van der Waals surface area contributed by atoms with Gasteiger partial charge in [-0.15, -0.1) is 0 Å². The lowest BCUT2D eigenvalue weighted by Crippen LogP contribution is -2.41. The molecule has 1 fully saturated rings. The minimum atomic E-state index is -0.504. The van der Waals surface area contributed by atoms with Gasteiger partial charge in [0.25, 0.3) is 0 Å². The van der Waals surface area contributed by atoms with E-state index in [0.717, 1.165) is 11.2 Å². The average molecular weight is 466 g/mol. The Morgan fingerprint density at radius 3 is 1.82 bits per heavy atom. The molecule has 0 radical (unpaired) electrons. The second kappa shape index (κ2) is 12.2. The van der Waals surface area contributed by atoms with E-state index in [1.54, 1.807) is 0 Å². The molecule has 1 heterocycles. The Hall–Kier alpha value is -1.65. The summed E-state index contributed by atoms with van der Waals surface area (Å²) in [6.45, 7) is 16.0. The quantitative estimate of drug-likeness (QED) is 0.250. The zero-order valence-corrected chi connectivity index (χ0v) is 21.1. The van der Waals surface area contributed by atoms with Crippen LogP contribution in [0.1, 0.15) is 48.5 Å². The normalized spacial score (nSPS) is 17.2. The third kappa shape index (κ3) is 9.63. The molecule has 8 nitrogen and oxygen atoms in total. The molecule has 1 saturated heterocycles. The molecule has 1 aliphatic rings. The smallest absolute Gasteiger partial charge is 0.491 e. The predicted octanol–water partition coefficient (Wildman–Crippen LogP) is 2.76. The molecule has 0 aromatic heterocycles. The largest absolute Gasteiger partial charge is 0.494 e. The lowest BCUT2D eigenvalue weighted by atomic mass is 9.79. The minimum Gasteiger partial charge on any atom is -0.491 e. The summed E-state index contributed by atoms with van der Waals surface area (Å²) in [7, 11) is -0.380. The maximum atomic E-state index is 11.5. The Bertz CT molecular complexity index is 711. The summed E-state index contributed by atoms with van der Waals surface area (Å²) in [6, 6.07) is 7.72. The average Bonchev–Trinajstić information content (AvgIpc) is 2.92. The monoisotopic (exact) mass is 466 g/mol. The van der Waals surface area contributed by atoms with Crippen LogP contribution in [0.15, 0.2) is 24.3 Å². The van der Waals surface area contributed by atoms with E-state index in [1.807, 2.05) is 72.7 Å². The van der Waals surface area contributed by atoms with E-state index in [4.69, 9.17) is 33.0 Å². The van der Waals surface area contributed by atoms with Crippen LogP contribution >= 0.6 is 0 Å². The van der Waals surface area contributed by atoms with Crippen LogP contribution in [0.2, 0.25) is 0 Å². The van der Waals surface area contributed by atoms with Crippen molar-refractivity contribution >= 4 is 18.6 Å². The van der Waals surface area contributed by atoms with Gasteiger partial charge in [0.1, 0.15) is 24.6 Å². The summed E-state index contributed by atoms with van der Waals surface area (Å²) in [5, 5.41) is 0. The Morgan fingerprint density at radius 1 is 0.818 bits per heavy atom. The van der Waals surface area contributed by atoms with Crippen molar-refractivity contribution in [2.24, 2.45) is 0 Å². The van der Waals surface area contributed by atoms with Crippen molar-refractivity contribution < 1.29 is 37.8 Å². The van der Waals surface area contributed by atoms with Crippen molar-refractivity contribution in [3.05, 3.63) is 24.3 Å². The number of hydrogen-bond donors (Lipinski definition) is 0. The molecule has 0 saturated carbocycles. The van der Waals surface area contributed by atoms with Crippen LogP contribution in [0, 0.1) is 0 Å². The van der Waals surface area contributed by atoms with E-state index in [0.29, 0.717) is 39.6 Å². The number of benzene rings is 1. The second-order valence-corrected chi connectivity index (χ2v) is 9.87. The number of rotatable bonds is 13. The highest BCUT2D eigenvalue weighted by Gasteiger charge is 2.51. The number of ether oxygens (including phenoxy) is 5. The molecular weight excluding hydrogens is 427 g/mol. The van der Waals surface area contributed by atoms with Gasteiger partial charge in [-0.3, -0.25) is 0 Å². The maximum Gasteiger partial charge on any atom is 0.494 e. The molecule has 0 unspecified atom stereocenters. The van der Waals surface area contributed by atoms with E-state index in [1.165, 1.54) is 0 Å². The number of carbonyl (C=O) groups excluding carboxylic acids is 1. The number of carbonyl (C=O) groups is 1. The second-order valence-electron chi connectivity index (χ2n) is 9.87. The van der Waals surface area contributed by atoms with Crippen LogP contribution in [0.4, 0.5) is 0 Å². The van der Waals surface area contributed by atoms with Crippen molar-refractivity contribution in [3.8, 4) is 5.75 Å². The summed E-state index contributed by atoms with van der Waals surface area (Å²) in [5.74, 6) is 0.380. The summed E-state index contributed by atoms with van der Waals surface area (Å²) in [6.07, 6.45) is 0. The number of hydrogen-bond acceptors (Lipinski definition) is 8. The van der Waals surface area contributed by atoms with Crippen molar-refractivity contribution in [1.82, 2.24) is 0 Å². The van der Waals surface area contributed by atoms with Gasteiger partial charge in [0, 0.05) is 0 Å². The molecule has 0 atom stereocenters. The summed E-state index contributed by atoms with van der Waals surface area (Å²) in [5.41, 5.74) is -0.262. The Labute approximate surface area is 198 Å². The zero-order chi connectivity index (χ0) is 24.5. The van der Waals surface area contributed by atoms with Gasteiger partial charge in [0.05, 0.1) is 44.2 Å². The van der Waals surface area contributed by atoms with E-state index >= 15 is 0 Å². The standard InChI is InChI=1S/C24H39BO8/c1-22(2,3)31-21(26)18-29-15-14-27-12-13-28-16-17-30-20-10-8-19(9-11-20)25-32-23(4,5)24(6,7)33-25/h8-11H,12-18H2,1-7H3. The molecule has 33 heavy (non-hydrogen) atoms. The van der Waals surface area contributed by atoms with Crippen LogP contribution in [-0.2, 0) is 33.1 Å². The van der Waals surface area contributed by atoms with E-state index in [2.05, 4.69) is 0 Å². The van der Waals surface area contributed by atoms with Crippen LogP contribution in [-0.4, -0.2) is 76.1 Å². The van der Waals surface area contributed by atoms with Crippen LogP contribution in [0.5, 0.6) is 5.75 Å². The predicted molar refractivity (Wildman–Crippen MR) is 126 cm³/mol. The molecule has 186 valence electrons. The minimum absolute atomic E-state index is 0.0773. The topological polar surface area (TPSA) is 81.7 Å². The van der Waals surface area contributed by atoms with Gasteiger partial charge >= 0.3 is 13.1 Å². The zero-order valence-electron chi connectivity index (χ0n) is 21.1. The van der Waals surface area contributed by atoms with Gasteiger partial charge in [-0.25, -0.2) is 4.79 Å².